The molecule has 0 aliphatic rings. The van der Waals surface area contributed by atoms with Crippen LogP contribution in [0.5, 0.6) is 5.75 Å². The molecular formula is C15H15BrFNO. The number of nitrogens with one attached hydrogen (secondary N) is 1. The van der Waals surface area contributed by atoms with E-state index in [0.717, 1.165) is 21.5 Å². The van der Waals surface area contributed by atoms with Crippen LogP contribution in [0.1, 0.15) is 18.5 Å². The molecule has 0 aromatic heterocycles. The molecule has 0 aliphatic carbocycles. The van der Waals surface area contributed by atoms with Gasteiger partial charge in [0.25, 0.3) is 0 Å². The Morgan fingerprint density at radius 1 is 1.21 bits per heavy atom. The van der Waals surface area contributed by atoms with E-state index in [-0.39, 0.29) is 11.9 Å². The predicted octanol–water partition coefficient (Wildman–Crippen LogP) is 4.77. The molecule has 0 radical (unpaired) electrons. The predicted molar refractivity (Wildman–Crippen MR) is 79.1 cm³/mol. The van der Waals surface area contributed by atoms with Crippen molar-refractivity contribution in [1.29, 1.82) is 0 Å². The first-order valence-corrected chi connectivity index (χ1v) is 6.75. The third kappa shape index (κ3) is 3.47. The quantitative estimate of drug-likeness (QED) is 0.875. The zero-order chi connectivity index (χ0) is 13.8. The smallest absolute Gasteiger partial charge is 0.142 e. The van der Waals surface area contributed by atoms with Crippen LogP contribution in [0.3, 0.4) is 0 Å². The van der Waals surface area contributed by atoms with Gasteiger partial charge in [0.1, 0.15) is 11.6 Å². The average molecular weight is 324 g/mol. The van der Waals surface area contributed by atoms with E-state index in [1.165, 1.54) is 12.1 Å². The highest BCUT2D eigenvalue weighted by Gasteiger charge is 2.10. The summed E-state index contributed by atoms with van der Waals surface area (Å²) in [6, 6.07) is 12.3. The summed E-state index contributed by atoms with van der Waals surface area (Å²) in [6.07, 6.45) is 0. The van der Waals surface area contributed by atoms with E-state index in [1.807, 2.05) is 31.2 Å². The second-order valence-corrected chi connectivity index (χ2v) is 5.18. The molecule has 1 N–H and O–H groups in total. The highest BCUT2D eigenvalue weighted by atomic mass is 79.9. The molecule has 1 unspecified atom stereocenters. The first-order chi connectivity index (χ1) is 9.10. The van der Waals surface area contributed by atoms with Crippen LogP contribution in [-0.2, 0) is 0 Å². The molecular weight excluding hydrogens is 309 g/mol. The standard InChI is InChI=1S/C15H15BrFNO/c1-10(11-4-3-5-13(17)8-11)18-14-9-12(16)6-7-15(14)19-2/h3-10,18H,1-2H3. The fourth-order valence-corrected chi connectivity index (χ4v) is 2.25. The Balaban J connectivity index is 2.23. The lowest BCUT2D eigenvalue weighted by atomic mass is 10.1. The van der Waals surface area contributed by atoms with Gasteiger partial charge in [-0.2, -0.15) is 0 Å². The summed E-state index contributed by atoms with van der Waals surface area (Å²) in [7, 11) is 1.63. The number of anilines is 1. The molecule has 4 heteroatoms. The Morgan fingerprint density at radius 3 is 2.68 bits per heavy atom. The Morgan fingerprint density at radius 2 is 2.00 bits per heavy atom. The van der Waals surface area contributed by atoms with Gasteiger partial charge in [-0.15, -0.1) is 0 Å². The highest BCUT2D eigenvalue weighted by molar-refractivity contribution is 9.10. The highest BCUT2D eigenvalue weighted by Crippen LogP contribution is 2.31. The van der Waals surface area contributed by atoms with Crippen molar-refractivity contribution in [3.8, 4) is 5.75 Å². The topological polar surface area (TPSA) is 21.3 Å². The molecule has 2 nitrogen and oxygen atoms in total. The fraction of sp³-hybridized carbons (Fsp3) is 0.200. The van der Waals surface area contributed by atoms with Crippen LogP contribution in [0.25, 0.3) is 0 Å². The van der Waals surface area contributed by atoms with Crippen molar-refractivity contribution in [2.75, 3.05) is 12.4 Å². The van der Waals surface area contributed by atoms with Crippen molar-refractivity contribution < 1.29 is 9.13 Å². The summed E-state index contributed by atoms with van der Waals surface area (Å²) in [6.45, 7) is 1.98. The molecule has 2 aromatic carbocycles. The van der Waals surface area contributed by atoms with E-state index < -0.39 is 0 Å². The minimum atomic E-state index is -0.229. The van der Waals surface area contributed by atoms with Gasteiger partial charge in [0.05, 0.1) is 12.8 Å². The van der Waals surface area contributed by atoms with Crippen molar-refractivity contribution >= 4 is 21.6 Å². The number of methoxy groups -OCH3 is 1. The van der Waals surface area contributed by atoms with Gasteiger partial charge < -0.3 is 10.1 Å². The molecule has 2 aromatic rings. The van der Waals surface area contributed by atoms with Gasteiger partial charge in [0, 0.05) is 10.5 Å². The van der Waals surface area contributed by atoms with Crippen LogP contribution < -0.4 is 10.1 Å². The van der Waals surface area contributed by atoms with E-state index in [9.17, 15) is 4.39 Å². The fourth-order valence-electron chi connectivity index (χ4n) is 1.89. The van der Waals surface area contributed by atoms with Crippen LogP contribution >= 0.6 is 15.9 Å². The molecule has 1 atom stereocenters. The van der Waals surface area contributed by atoms with E-state index in [4.69, 9.17) is 4.74 Å². The molecule has 0 saturated heterocycles. The third-order valence-corrected chi connectivity index (χ3v) is 3.38. The number of hydrogen-bond donors (Lipinski definition) is 1. The molecule has 0 saturated carbocycles. The van der Waals surface area contributed by atoms with Gasteiger partial charge in [-0.1, -0.05) is 28.1 Å². The molecule has 0 heterocycles. The molecule has 2 rings (SSSR count). The van der Waals surface area contributed by atoms with Crippen molar-refractivity contribution in [2.24, 2.45) is 0 Å². The molecule has 19 heavy (non-hydrogen) atoms. The second kappa shape index (κ2) is 6.06. The molecule has 0 aliphatic heterocycles. The minimum Gasteiger partial charge on any atom is -0.495 e. The van der Waals surface area contributed by atoms with Crippen molar-refractivity contribution in [2.45, 2.75) is 13.0 Å². The van der Waals surface area contributed by atoms with Crippen LogP contribution in [0.2, 0.25) is 0 Å². The van der Waals surface area contributed by atoms with Crippen molar-refractivity contribution in [1.82, 2.24) is 0 Å². The van der Waals surface area contributed by atoms with Crippen LogP contribution in [0, 0.1) is 5.82 Å². The van der Waals surface area contributed by atoms with E-state index in [2.05, 4.69) is 21.2 Å². The van der Waals surface area contributed by atoms with Gasteiger partial charge in [-0.05, 0) is 42.8 Å². The number of halogens is 2. The van der Waals surface area contributed by atoms with E-state index in [0.29, 0.717) is 0 Å². The van der Waals surface area contributed by atoms with Crippen molar-refractivity contribution in [3.63, 3.8) is 0 Å². The summed E-state index contributed by atoms with van der Waals surface area (Å²) in [5, 5.41) is 3.32. The molecule has 0 amide bonds. The van der Waals surface area contributed by atoms with Crippen LogP contribution in [0.4, 0.5) is 10.1 Å². The summed E-state index contributed by atoms with van der Waals surface area (Å²) >= 11 is 3.43. The lowest BCUT2D eigenvalue weighted by molar-refractivity contribution is 0.416. The number of ether oxygens (including phenoxy) is 1. The first-order valence-electron chi connectivity index (χ1n) is 5.95. The minimum absolute atomic E-state index is 0.0149. The molecule has 0 fully saturated rings. The summed E-state index contributed by atoms with van der Waals surface area (Å²) in [5.74, 6) is 0.527. The maximum Gasteiger partial charge on any atom is 0.142 e. The van der Waals surface area contributed by atoms with Gasteiger partial charge in [0.2, 0.25) is 0 Å². The second-order valence-electron chi connectivity index (χ2n) is 4.27. The molecule has 0 bridgehead atoms. The van der Waals surface area contributed by atoms with Crippen LogP contribution in [-0.4, -0.2) is 7.11 Å². The Kier molecular flexibility index (Phi) is 4.43. The normalized spacial score (nSPS) is 12.0. The Bertz CT molecular complexity index is 574. The number of rotatable bonds is 4. The molecule has 0 spiro atoms. The average Bonchev–Trinajstić information content (AvgIpc) is 2.39. The largest absolute Gasteiger partial charge is 0.495 e. The van der Waals surface area contributed by atoms with Gasteiger partial charge in [0.15, 0.2) is 0 Å². The number of benzene rings is 2. The summed E-state index contributed by atoms with van der Waals surface area (Å²) in [5.41, 5.74) is 1.76. The maximum atomic E-state index is 13.2. The first kappa shape index (κ1) is 13.9. The van der Waals surface area contributed by atoms with E-state index in [1.54, 1.807) is 13.2 Å². The van der Waals surface area contributed by atoms with Gasteiger partial charge >= 0.3 is 0 Å². The summed E-state index contributed by atoms with van der Waals surface area (Å²) in [4.78, 5) is 0. The SMILES string of the molecule is COc1ccc(Br)cc1NC(C)c1cccc(F)c1. The van der Waals surface area contributed by atoms with Crippen LogP contribution in [0.15, 0.2) is 46.9 Å². The van der Waals surface area contributed by atoms with Gasteiger partial charge in [-0.25, -0.2) is 4.39 Å². The van der Waals surface area contributed by atoms with Crippen molar-refractivity contribution in [3.05, 3.63) is 58.3 Å². The lowest BCUT2D eigenvalue weighted by Crippen LogP contribution is -2.08. The van der Waals surface area contributed by atoms with E-state index >= 15 is 0 Å². The summed E-state index contributed by atoms with van der Waals surface area (Å²) < 4.78 is 19.5. The maximum absolute atomic E-state index is 13.2. The van der Waals surface area contributed by atoms with Gasteiger partial charge in [-0.3, -0.25) is 0 Å². The molecule has 100 valence electrons. The zero-order valence-electron chi connectivity index (χ0n) is 10.8. The monoisotopic (exact) mass is 323 g/mol. The zero-order valence-corrected chi connectivity index (χ0v) is 12.4. The Hall–Kier alpha value is -1.55. The number of hydrogen-bond acceptors (Lipinski definition) is 2. The lowest BCUT2D eigenvalue weighted by Gasteiger charge is -2.18. The Labute approximate surface area is 120 Å². The third-order valence-electron chi connectivity index (χ3n) is 2.88.